The molecule has 0 saturated heterocycles. The second-order valence-corrected chi connectivity index (χ2v) is 4.38. The molecule has 0 spiro atoms. The summed E-state index contributed by atoms with van der Waals surface area (Å²) < 4.78 is 0. The maximum Gasteiger partial charge on any atom is 0.259 e. The minimum Gasteiger partial charge on any atom is -0.322 e. The quantitative estimate of drug-likeness (QED) is 0.917. The Morgan fingerprint density at radius 1 is 1.26 bits per heavy atom. The van der Waals surface area contributed by atoms with Gasteiger partial charge in [0.25, 0.3) is 5.91 Å². The van der Waals surface area contributed by atoms with Gasteiger partial charge in [0.05, 0.1) is 11.3 Å². The summed E-state index contributed by atoms with van der Waals surface area (Å²) in [5.41, 5.74) is 3.16. The molecular formula is C15H17N3O. The summed E-state index contributed by atoms with van der Waals surface area (Å²) in [6.45, 7) is 5.68. The highest BCUT2D eigenvalue weighted by Crippen LogP contribution is 2.17. The van der Waals surface area contributed by atoms with Gasteiger partial charge in [-0.3, -0.25) is 4.79 Å². The lowest BCUT2D eigenvalue weighted by atomic mass is 10.1. The number of nitrogens with one attached hydrogen (secondary N) is 1. The zero-order valence-corrected chi connectivity index (χ0v) is 11.4. The monoisotopic (exact) mass is 255 g/mol. The number of carbonyl (C=O) groups is 1. The lowest BCUT2D eigenvalue weighted by Gasteiger charge is -2.10. The Labute approximate surface area is 112 Å². The number of anilines is 1. The summed E-state index contributed by atoms with van der Waals surface area (Å²) in [4.78, 5) is 20.5. The van der Waals surface area contributed by atoms with Gasteiger partial charge in [-0.05, 0) is 31.9 Å². The van der Waals surface area contributed by atoms with Crippen molar-refractivity contribution in [1.29, 1.82) is 0 Å². The predicted molar refractivity (Wildman–Crippen MR) is 75.3 cm³/mol. The first-order valence-electron chi connectivity index (χ1n) is 6.31. The number of aryl methyl sites for hydroxylation is 3. The summed E-state index contributed by atoms with van der Waals surface area (Å²) in [6, 6.07) is 7.79. The van der Waals surface area contributed by atoms with Crippen LogP contribution in [0, 0.1) is 13.8 Å². The molecule has 4 nitrogen and oxygen atoms in total. The van der Waals surface area contributed by atoms with Gasteiger partial charge in [-0.1, -0.05) is 25.1 Å². The molecule has 1 amide bonds. The van der Waals surface area contributed by atoms with E-state index in [0.29, 0.717) is 17.1 Å². The van der Waals surface area contributed by atoms with Crippen LogP contribution < -0.4 is 5.32 Å². The highest BCUT2D eigenvalue weighted by Gasteiger charge is 2.12. The molecule has 1 N–H and O–H groups in total. The molecule has 4 heteroatoms. The number of benzene rings is 1. The first kappa shape index (κ1) is 13.2. The Morgan fingerprint density at radius 3 is 2.68 bits per heavy atom. The molecule has 0 unspecified atom stereocenters. The van der Waals surface area contributed by atoms with Crippen molar-refractivity contribution in [2.24, 2.45) is 0 Å². The van der Waals surface area contributed by atoms with Crippen LogP contribution in [0.3, 0.4) is 0 Å². The lowest BCUT2D eigenvalue weighted by molar-refractivity contribution is 0.102. The summed E-state index contributed by atoms with van der Waals surface area (Å²) >= 11 is 0. The predicted octanol–water partition coefficient (Wildman–Crippen LogP) is 2.91. The van der Waals surface area contributed by atoms with Crippen molar-refractivity contribution in [3.05, 3.63) is 53.1 Å². The molecule has 0 aliphatic heterocycles. The number of carbonyl (C=O) groups excluding carboxylic acids is 1. The third-order valence-corrected chi connectivity index (χ3v) is 2.99. The first-order valence-corrected chi connectivity index (χ1v) is 6.31. The van der Waals surface area contributed by atoms with Gasteiger partial charge in [0.15, 0.2) is 0 Å². The van der Waals surface area contributed by atoms with Crippen LogP contribution in [-0.2, 0) is 6.42 Å². The van der Waals surface area contributed by atoms with E-state index in [-0.39, 0.29) is 5.91 Å². The molecule has 0 fully saturated rings. The molecule has 0 radical (unpaired) electrons. The number of rotatable bonds is 3. The van der Waals surface area contributed by atoms with E-state index in [0.717, 1.165) is 17.7 Å². The average molecular weight is 255 g/mol. The Morgan fingerprint density at radius 2 is 2.00 bits per heavy atom. The van der Waals surface area contributed by atoms with Crippen molar-refractivity contribution in [2.75, 3.05) is 5.32 Å². The molecule has 19 heavy (non-hydrogen) atoms. The van der Waals surface area contributed by atoms with E-state index in [9.17, 15) is 4.79 Å². The molecule has 98 valence electrons. The standard InChI is InChI=1S/C15H17N3O/c1-4-12-7-5-6-8-14(12)18-15(19)13-9-16-11(3)17-10(13)2/h5-9H,4H2,1-3H3,(H,18,19). The van der Waals surface area contributed by atoms with Gasteiger partial charge in [0.2, 0.25) is 0 Å². The summed E-state index contributed by atoms with van der Waals surface area (Å²) in [5.74, 6) is 0.501. The van der Waals surface area contributed by atoms with Crippen LogP contribution in [0.25, 0.3) is 0 Å². The average Bonchev–Trinajstić information content (AvgIpc) is 2.39. The Bertz CT molecular complexity index is 608. The molecule has 1 aromatic heterocycles. The highest BCUT2D eigenvalue weighted by molar-refractivity contribution is 6.05. The van der Waals surface area contributed by atoms with Crippen LogP contribution in [0.15, 0.2) is 30.5 Å². The molecular weight excluding hydrogens is 238 g/mol. The zero-order chi connectivity index (χ0) is 13.8. The fourth-order valence-corrected chi connectivity index (χ4v) is 1.95. The molecule has 2 rings (SSSR count). The van der Waals surface area contributed by atoms with Crippen LogP contribution >= 0.6 is 0 Å². The molecule has 0 atom stereocenters. The Balaban J connectivity index is 2.26. The van der Waals surface area contributed by atoms with Crippen LogP contribution in [0.1, 0.15) is 34.4 Å². The number of hydrogen-bond donors (Lipinski definition) is 1. The van der Waals surface area contributed by atoms with E-state index >= 15 is 0 Å². The Hall–Kier alpha value is -2.23. The van der Waals surface area contributed by atoms with E-state index in [1.54, 1.807) is 13.1 Å². The van der Waals surface area contributed by atoms with Gasteiger partial charge in [0.1, 0.15) is 5.82 Å². The molecule has 2 aromatic rings. The summed E-state index contributed by atoms with van der Waals surface area (Å²) in [6.07, 6.45) is 2.45. The topological polar surface area (TPSA) is 54.9 Å². The number of hydrogen-bond acceptors (Lipinski definition) is 3. The van der Waals surface area contributed by atoms with E-state index in [1.807, 2.05) is 31.2 Å². The Kier molecular flexibility index (Phi) is 3.90. The zero-order valence-electron chi connectivity index (χ0n) is 11.4. The van der Waals surface area contributed by atoms with E-state index in [2.05, 4.69) is 22.2 Å². The normalized spacial score (nSPS) is 10.3. The van der Waals surface area contributed by atoms with Crippen LogP contribution in [0.4, 0.5) is 5.69 Å². The third kappa shape index (κ3) is 2.96. The molecule has 1 heterocycles. The van der Waals surface area contributed by atoms with Crippen LogP contribution in [-0.4, -0.2) is 15.9 Å². The van der Waals surface area contributed by atoms with E-state index < -0.39 is 0 Å². The van der Waals surface area contributed by atoms with Gasteiger partial charge in [-0.25, -0.2) is 9.97 Å². The van der Waals surface area contributed by atoms with Gasteiger partial charge in [0, 0.05) is 11.9 Å². The highest BCUT2D eigenvalue weighted by atomic mass is 16.1. The molecule has 0 saturated carbocycles. The maximum absolute atomic E-state index is 12.2. The van der Waals surface area contributed by atoms with Gasteiger partial charge < -0.3 is 5.32 Å². The molecule has 1 aromatic carbocycles. The third-order valence-electron chi connectivity index (χ3n) is 2.99. The number of para-hydroxylation sites is 1. The van der Waals surface area contributed by atoms with Crippen LogP contribution in [0.2, 0.25) is 0 Å². The molecule has 0 aliphatic carbocycles. The van der Waals surface area contributed by atoms with Crippen molar-refractivity contribution in [3.63, 3.8) is 0 Å². The molecule has 0 bridgehead atoms. The number of amides is 1. The smallest absolute Gasteiger partial charge is 0.259 e. The van der Waals surface area contributed by atoms with Gasteiger partial charge in [-0.2, -0.15) is 0 Å². The lowest BCUT2D eigenvalue weighted by Crippen LogP contribution is -2.16. The summed E-state index contributed by atoms with van der Waals surface area (Å²) in [5, 5.41) is 2.92. The van der Waals surface area contributed by atoms with Crippen molar-refractivity contribution in [2.45, 2.75) is 27.2 Å². The number of aromatic nitrogens is 2. The second-order valence-electron chi connectivity index (χ2n) is 4.38. The first-order chi connectivity index (χ1) is 9.11. The van der Waals surface area contributed by atoms with Crippen LogP contribution in [0.5, 0.6) is 0 Å². The van der Waals surface area contributed by atoms with Crippen molar-refractivity contribution in [1.82, 2.24) is 9.97 Å². The fourth-order valence-electron chi connectivity index (χ4n) is 1.95. The minimum absolute atomic E-state index is 0.168. The van der Waals surface area contributed by atoms with Gasteiger partial charge in [-0.15, -0.1) is 0 Å². The van der Waals surface area contributed by atoms with E-state index in [1.165, 1.54) is 0 Å². The largest absolute Gasteiger partial charge is 0.322 e. The minimum atomic E-state index is -0.168. The van der Waals surface area contributed by atoms with Crippen molar-refractivity contribution < 1.29 is 4.79 Å². The molecule has 0 aliphatic rings. The SMILES string of the molecule is CCc1ccccc1NC(=O)c1cnc(C)nc1C. The van der Waals surface area contributed by atoms with E-state index in [4.69, 9.17) is 0 Å². The van der Waals surface area contributed by atoms with Gasteiger partial charge >= 0.3 is 0 Å². The summed E-state index contributed by atoms with van der Waals surface area (Å²) in [7, 11) is 0. The fraction of sp³-hybridized carbons (Fsp3) is 0.267. The maximum atomic E-state index is 12.2. The van der Waals surface area contributed by atoms with Crippen molar-refractivity contribution >= 4 is 11.6 Å². The van der Waals surface area contributed by atoms with Crippen molar-refractivity contribution in [3.8, 4) is 0 Å². The second kappa shape index (κ2) is 5.61. The number of nitrogens with zero attached hydrogens (tertiary/aromatic N) is 2.